The molecule has 2 nitrogen and oxygen atoms in total. The lowest BCUT2D eigenvalue weighted by Crippen LogP contribution is -2.42. The molecule has 0 aromatic rings. The zero-order chi connectivity index (χ0) is 12.3. The van der Waals surface area contributed by atoms with Gasteiger partial charge in [-0.1, -0.05) is 6.42 Å². The van der Waals surface area contributed by atoms with Gasteiger partial charge in [-0.05, 0) is 50.2 Å². The van der Waals surface area contributed by atoms with Gasteiger partial charge in [0, 0.05) is 12.4 Å². The summed E-state index contributed by atoms with van der Waals surface area (Å²) in [6, 6.07) is 0. The van der Waals surface area contributed by atoms with Crippen molar-refractivity contribution in [3.8, 4) is 0 Å². The fourth-order valence-corrected chi connectivity index (χ4v) is 4.59. The molecule has 17 heavy (non-hydrogen) atoms. The molecule has 2 rings (SSSR count). The normalized spacial score (nSPS) is 37.3. The molecule has 0 aromatic carbocycles. The summed E-state index contributed by atoms with van der Waals surface area (Å²) in [4.78, 5) is 12.2. The number of amides is 1. The van der Waals surface area contributed by atoms with Gasteiger partial charge in [0.05, 0.1) is 4.75 Å². The summed E-state index contributed by atoms with van der Waals surface area (Å²) in [6.45, 7) is 2.90. The highest BCUT2D eigenvalue weighted by Gasteiger charge is 2.37. The molecule has 0 radical (unpaired) electrons. The molecule has 3 unspecified atom stereocenters. The molecule has 0 bridgehead atoms. The van der Waals surface area contributed by atoms with E-state index in [4.69, 9.17) is 11.6 Å². The molecule has 1 saturated carbocycles. The number of hydrogen-bond donors (Lipinski definition) is 1. The Labute approximate surface area is 113 Å². The average molecular weight is 276 g/mol. The molecule has 4 heteroatoms. The maximum atomic E-state index is 12.2. The Morgan fingerprint density at radius 2 is 2.18 bits per heavy atom. The van der Waals surface area contributed by atoms with E-state index in [0.717, 1.165) is 24.6 Å². The topological polar surface area (TPSA) is 29.1 Å². The molecular weight excluding hydrogens is 254 g/mol. The van der Waals surface area contributed by atoms with Crippen molar-refractivity contribution in [2.24, 2.45) is 11.8 Å². The molecule has 98 valence electrons. The van der Waals surface area contributed by atoms with Gasteiger partial charge in [-0.2, -0.15) is 0 Å². The number of thioether (sulfide) groups is 1. The maximum Gasteiger partial charge on any atom is 0.235 e. The van der Waals surface area contributed by atoms with Crippen LogP contribution in [0, 0.1) is 11.8 Å². The lowest BCUT2D eigenvalue weighted by molar-refractivity contribution is -0.123. The van der Waals surface area contributed by atoms with Crippen LogP contribution >= 0.6 is 23.4 Å². The number of hydrogen-bond acceptors (Lipinski definition) is 2. The van der Waals surface area contributed by atoms with E-state index in [1.165, 1.54) is 25.7 Å². The number of carbonyl (C=O) groups is 1. The predicted octanol–water partition coefficient (Wildman–Crippen LogP) is 3.04. The Bertz CT molecular complexity index is 279. The Balaban J connectivity index is 1.79. The maximum absolute atomic E-state index is 12.2. The summed E-state index contributed by atoms with van der Waals surface area (Å²) in [7, 11) is 0. The van der Waals surface area contributed by atoms with Gasteiger partial charge < -0.3 is 5.32 Å². The molecule has 1 aliphatic heterocycles. The van der Waals surface area contributed by atoms with Crippen molar-refractivity contribution >= 4 is 29.3 Å². The number of nitrogens with one attached hydrogen (secondary N) is 1. The summed E-state index contributed by atoms with van der Waals surface area (Å²) < 4.78 is -0.172. The fourth-order valence-electron chi connectivity index (χ4n) is 2.95. The van der Waals surface area contributed by atoms with Crippen molar-refractivity contribution in [3.63, 3.8) is 0 Å². The number of rotatable bonds is 4. The van der Waals surface area contributed by atoms with Crippen LogP contribution in [0.2, 0.25) is 0 Å². The standard InChI is InChI=1S/C13H22ClNOS/c1-13(6-3-7-17-13)12(16)15-9-11-5-2-4-10(11)8-14/h10-11H,2-9H2,1H3,(H,15,16). The smallest absolute Gasteiger partial charge is 0.235 e. The van der Waals surface area contributed by atoms with E-state index in [-0.39, 0.29) is 10.7 Å². The van der Waals surface area contributed by atoms with Crippen molar-refractivity contribution in [1.82, 2.24) is 5.32 Å². The summed E-state index contributed by atoms with van der Waals surface area (Å²) >= 11 is 7.76. The predicted molar refractivity (Wildman–Crippen MR) is 74.7 cm³/mol. The number of carbonyl (C=O) groups excluding carboxylic acids is 1. The second-order valence-corrected chi connectivity index (χ2v) is 7.40. The third-order valence-electron chi connectivity index (χ3n) is 4.24. The van der Waals surface area contributed by atoms with E-state index in [1.807, 2.05) is 0 Å². The van der Waals surface area contributed by atoms with Crippen LogP contribution in [0.4, 0.5) is 0 Å². The molecule has 1 heterocycles. The van der Waals surface area contributed by atoms with Crippen molar-refractivity contribution in [2.45, 2.75) is 43.8 Å². The first kappa shape index (κ1) is 13.5. The zero-order valence-electron chi connectivity index (χ0n) is 10.5. The van der Waals surface area contributed by atoms with Gasteiger partial charge in [0.15, 0.2) is 0 Å². The largest absolute Gasteiger partial charge is 0.355 e. The minimum absolute atomic E-state index is 0.172. The summed E-state index contributed by atoms with van der Waals surface area (Å²) in [5.74, 6) is 3.32. The molecule has 0 spiro atoms. The van der Waals surface area contributed by atoms with Crippen molar-refractivity contribution in [1.29, 1.82) is 0 Å². The highest BCUT2D eigenvalue weighted by atomic mass is 35.5. The average Bonchev–Trinajstić information content (AvgIpc) is 2.95. The van der Waals surface area contributed by atoms with Gasteiger partial charge in [-0.3, -0.25) is 4.79 Å². The molecule has 1 aliphatic carbocycles. The fraction of sp³-hybridized carbons (Fsp3) is 0.923. The quantitative estimate of drug-likeness (QED) is 0.799. The van der Waals surface area contributed by atoms with Gasteiger partial charge in [-0.15, -0.1) is 23.4 Å². The van der Waals surface area contributed by atoms with Crippen LogP contribution in [-0.4, -0.2) is 28.8 Å². The monoisotopic (exact) mass is 275 g/mol. The van der Waals surface area contributed by atoms with E-state index in [9.17, 15) is 4.79 Å². The van der Waals surface area contributed by atoms with Gasteiger partial charge in [0.1, 0.15) is 0 Å². The zero-order valence-corrected chi connectivity index (χ0v) is 12.1. The molecule has 1 amide bonds. The van der Waals surface area contributed by atoms with Gasteiger partial charge >= 0.3 is 0 Å². The third kappa shape index (κ3) is 3.11. The second-order valence-electron chi connectivity index (χ2n) is 5.50. The van der Waals surface area contributed by atoms with Gasteiger partial charge in [0.2, 0.25) is 5.91 Å². The highest BCUT2D eigenvalue weighted by Crippen LogP contribution is 2.38. The van der Waals surface area contributed by atoms with Crippen molar-refractivity contribution in [3.05, 3.63) is 0 Å². The Kier molecular flexibility index (Phi) is 4.65. The lowest BCUT2D eigenvalue weighted by atomic mass is 9.97. The van der Waals surface area contributed by atoms with Crippen molar-refractivity contribution in [2.75, 3.05) is 18.2 Å². The van der Waals surface area contributed by atoms with E-state index >= 15 is 0 Å². The first-order chi connectivity index (χ1) is 8.15. The molecule has 3 atom stereocenters. The second kappa shape index (κ2) is 5.83. The minimum Gasteiger partial charge on any atom is -0.355 e. The van der Waals surface area contributed by atoms with Crippen LogP contribution in [0.3, 0.4) is 0 Å². The molecule has 1 N–H and O–H groups in total. The van der Waals surface area contributed by atoms with Gasteiger partial charge in [-0.25, -0.2) is 0 Å². The minimum atomic E-state index is -0.172. The van der Waals surface area contributed by atoms with E-state index in [2.05, 4.69) is 12.2 Å². The SMILES string of the molecule is CC1(C(=O)NCC2CCCC2CCl)CCCS1. The van der Waals surface area contributed by atoms with Crippen LogP contribution in [0.25, 0.3) is 0 Å². The first-order valence-electron chi connectivity index (χ1n) is 6.64. The number of alkyl halides is 1. The van der Waals surface area contributed by atoms with Gasteiger partial charge in [0.25, 0.3) is 0 Å². The summed E-state index contributed by atoms with van der Waals surface area (Å²) in [5.41, 5.74) is 0. The lowest BCUT2D eigenvalue weighted by Gasteiger charge is -2.24. The van der Waals surface area contributed by atoms with Crippen LogP contribution in [0.1, 0.15) is 39.0 Å². The number of halogens is 1. The van der Waals surface area contributed by atoms with Crippen LogP contribution < -0.4 is 5.32 Å². The van der Waals surface area contributed by atoms with Crippen molar-refractivity contribution < 1.29 is 4.79 Å². The van der Waals surface area contributed by atoms with E-state index in [1.54, 1.807) is 11.8 Å². The highest BCUT2D eigenvalue weighted by molar-refractivity contribution is 8.01. The molecular formula is C13H22ClNOS. The Morgan fingerprint density at radius 1 is 1.41 bits per heavy atom. The molecule has 2 fully saturated rings. The molecule has 1 saturated heterocycles. The van der Waals surface area contributed by atoms with Crippen LogP contribution in [0.5, 0.6) is 0 Å². The van der Waals surface area contributed by atoms with E-state index < -0.39 is 0 Å². The van der Waals surface area contributed by atoms with Crippen LogP contribution in [0.15, 0.2) is 0 Å². The Hall–Kier alpha value is 0.110. The first-order valence-corrected chi connectivity index (χ1v) is 8.16. The van der Waals surface area contributed by atoms with Crippen LogP contribution in [-0.2, 0) is 4.79 Å². The molecule has 2 aliphatic rings. The van der Waals surface area contributed by atoms with E-state index in [0.29, 0.717) is 11.8 Å². The molecule has 0 aromatic heterocycles. The summed E-state index contributed by atoms with van der Waals surface area (Å²) in [5, 5.41) is 3.15. The third-order valence-corrected chi connectivity index (χ3v) is 6.15. The summed E-state index contributed by atoms with van der Waals surface area (Å²) in [6.07, 6.45) is 5.91. The Morgan fingerprint density at radius 3 is 2.82 bits per heavy atom.